The zero-order chi connectivity index (χ0) is 16.9. The highest BCUT2D eigenvalue weighted by atomic mass is 32.2. The Morgan fingerprint density at radius 1 is 1.21 bits per heavy atom. The van der Waals surface area contributed by atoms with Gasteiger partial charge >= 0.3 is 0 Å². The topological polar surface area (TPSA) is 86.6 Å². The molecule has 0 fully saturated rings. The summed E-state index contributed by atoms with van der Waals surface area (Å²) in [5, 5.41) is 0.378. The highest BCUT2D eigenvalue weighted by Gasteiger charge is 2.22. The van der Waals surface area contributed by atoms with E-state index in [2.05, 4.69) is 4.72 Å². The van der Waals surface area contributed by atoms with Crippen LogP contribution >= 0.6 is 11.5 Å². The third-order valence-corrected chi connectivity index (χ3v) is 5.92. The summed E-state index contributed by atoms with van der Waals surface area (Å²) in [5.74, 6) is 0.839. The third kappa shape index (κ3) is 2.33. The molecule has 1 aliphatic rings. The fourth-order valence-corrected chi connectivity index (χ4v) is 4.41. The van der Waals surface area contributed by atoms with Crippen molar-refractivity contribution in [2.45, 2.75) is 4.90 Å². The van der Waals surface area contributed by atoms with Crippen molar-refractivity contribution >= 4 is 38.1 Å². The Morgan fingerprint density at radius 2 is 2.04 bits per heavy atom. The van der Waals surface area contributed by atoms with Gasteiger partial charge in [-0.2, -0.15) is 0 Å². The largest absolute Gasteiger partial charge is 0.454 e. The van der Waals surface area contributed by atoms with Crippen molar-refractivity contribution in [2.24, 2.45) is 7.05 Å². The first-order chi connectivity index (χ1) is 11.5. The molecular weight excluding hydrogens is 352 g/mol. The van der Waals surface area contributed by atoms with Crippen molar-refractivity contribution in [2.75, 3.05) is 11.5 Å². The van der Waals surface area contributed by atoms with Crippen LogP contribution in [0.5, 0.6) is 11.5 Å². The van der Waals surface area contributed by atoms with Gasteiger partial charge in [0.1, 0.15) is 0 Å². The summed E-state index contributed by atoms with van der Waals surface area (Å²) < 4.78 is 39.9. The van der Waals surface area contributed by atoms with Crippen molar-refractivity contribution in [1.82, 2.24) is 3.96 Å². The molecule has 3 aromatic rings. The van der Waals surface area contributed by atoms with Gasteiger partial charge in [-0.25, -0.2) is 8.42 Å². The van der Waals surface area contributed by atoms with Crippen LogP contribution in [-0.2, 0) is 17.1 Å². The number of fused-ring (bicyclic) bond motifs is 2. The Hall–Kier alpha value is -2.52. The fourth-order valence-electron chi connectivity index (χ4n) is 2.56. The second-order valence-electron chi connectivity index (χ2n) is 5.20. The van der Waals surface area contributed by atoms with Crippen LogP contribution in [0.1, 0.15) is 0 Å². The SMILES string of the molecule is Cn1sc(=O)c2cc(S(=O)(=O)Nc3cccc4c3OCO4)ccc21. The predicted molar refractivity (Wildman–Crippen MR) is 90.4 cm³/mol. The number of benzene rings is 2. The zero-order valence-corrected chi connectivity index (χ0v) is 14.1. The number of para-hydroxylation sites is 1. The van der Waals surface area contributed by atoms with Crippen LogP contribution in [0.15, 0.2) is 46.1 Å². The molecular formula is C15H12N2O5S2. The highest BCUT2D eigenvalue weighted by molar-refractivity contribution is 7.92. The van der Waals surface area contributed by atoms with Crippen molar-refractivity contribution in [3.63, 3.8) is 0 Å². The number of aryl methyl sites for hydroxylation is 1. The highest BCUT2D eigenvalue weighted by Crippen LogP contribution is 2.39. The van der Waals surface area contributed by atoms with Crippen LogP contribution < -0.4 is 18.9 Å². The molecule has 2 heterocycles. The Bertz CT molecular complexity index is 1110. The lowest BCUT2D eigenvalue weighted by molar-refractivity contribution is 0.174. The molecule has 0 saturated carbocycles. The number of sulfonamides is 1. The van der Waals surface area contributed by atoms with Crippen LogP contribution in [0.2, 0.25) is 0 Å². The average molecular weight is 364 g/mol. The molecule has 1 N–H and O–H groups in total. The molecule has 4 rings (SSSR count). The summed E-state index contributed by atoms with van der Waals surface area (Å²) in [6, 6.07) is 9.43. The van der Waals surface area contributed by atoms with Crippen molar-refractivity contribution in [1.29, 1.82) is 0 Å². The maximum absolute atomic E-state index is 12.7. The van der Waals surface area contributed by atoms with E-state index in [1.807, 2.05) is 0 Å². The summed E-state index contributed by atoms with van der Waals surface area (Å²) in [6.07, 6.45) is 0. The van der Waals surface area contributed by atoms with Gasteiger partial charge in [0.25, 0.3) is 14.8 Å². The van der Waals surface area contributed by atoms with E-state index in [0.29, 0.717) is 28.1 Å². The number of nitrogens with zero attached hydrogens (tertiary/aromatic N) is 1. The number of hydrogen-bond donors (Lipinski definition) is 1. The first-order valence-electron chi connectivity index (χ1n) is 6.97. The lowest BCUT2D eigenvalue weighted by Crippen LogP contribution is -2.13. The van der Waals surface area contributed by atoms with Crippen LogP contribution in [0, 0.1) is 0 Å². The Morgan fingerprint density at radius 3 is 2.88 bits per heavy atom. The van der Waals surface area contributed by atoms with Gasteiger partial charge in [0.15, 0.2) is 11.5 Å². The van der Waals surface area contributed by atoms with E-state index in [0.717, 1.165) is 11.5 Å². The molecule has 0 amide bonds. The minimum Gasteiger partial charge on any atom is -0.454 e. The van der Waals surface area contributed by atoms with E-state index in [1.165, 1.54) is 12.1 Å². The molecule has 0 spiro atoms. The van der Waals surface area contributed by atoms with E-state index >= 15 is 0 Å². The minimum absolute atomic E-state index is 0.0158. The number of anilines is 1. The van der Waals surface area contributed by atoms with E-state index in [1.54, 1.807) is 35.3 Å². The van der Waals surface area contributed by atoms with Crippen LogP contribution in [0.3, 0.4) is 0 Å². The third-order valence-electron chi connectivity index (χ3n) is 3.70. The molecule has 0 bridgehead atoms. The van der Waals surface area contributed by atoms with Crippen LogP contribution in [0.25, 0.3) is 10.9 Å². The Kier molecular flexibility index (Phi) is 3.29. The first kappa shape index (κ1) is 15.0. The molecule has 1 aliphatic heterocycles. The number of hydrogen-bond acceptors (Lipinski definition) is 6. The van der Waals surface area contributed by atoms with Crippen LogP contribution in [0.4, 0.5) is 5.69 Å². The standard InChI is InChI=1S/C15H12N2O5S2/c1-17-12-6-5-9(7-10(12)15(18)23-17)24(19,20)16-11-3-2-4-13-14(11)22-8-21-13/h2-7,16H,8H2,1H3. The van der Waals surface area contributed by atoms with E-state index in [4.69, 9.17) is 9.47 Å². The second kappa shape index (κ2) is 5.25. The molecule has 124 valence electrons. The molecule has 0 atom stereocenters. The Balaban J connectivity index is 1.77. The maximum Gasteiger partial charge on any atom is 0.262 e. The van der Waals surface area contributed by atoms with Gasteiger partial charge in [0, 0.05) is 7.05 Å². The lowest BCUT2D eigenvalue weighted by atomic mass is 10.2. The van der Waals surface area contributed by atoms with Gasteiger partial charge in [-0.05, 0) is 41.9 Å². The monoisotopic (exact) mass is 364 g/mol. The number of nitrogens with one attached hydrogen (secondary N) is 1. The summed E-state index contributed by atoms with van der Waals surface area (Å²) in [5.41, 5.74) is 0.990. The first-order valence-corrected chi connectivity index (χ1v) is 9.23. The van der Waals surface area contributed by atoms with Crippen molar-refractivity contribution in [3.05, 3.63) is 45.9 Å². The van der Waals surface area contributed by atoms with Gasteiger partial charge in [0.05, 0.1) is 21.5 Å². The lowest BCUT2D eigenvalue weighted by Gasteiger charge is -2.10. The smallest absolute Gasteiger partial charge is 0.262 e. The normalized spacial score (nSPS) is 13.4. The molecule has 9 heteroatoms. The summed E-state index contributed by atoms with van der Waals surface area (Å²) in [7, 11) is -2.11. The van der Waals surface area contributed by atoms with E-state index < -0.39 is 10.0 Å². The van der Waals surface area contributed by atoms with Crippen molar-refractivity contribution < 1.29 is 17.9 Å². The van der Waals surface area contributed by atoms with E-state index in [9.17, 15) is 13.2 Å². The molecule has 0 saturated heterocycles. The fraction of sp³-hybridized carbons (Fsp3) is 0.133. The van der Waals surface area contributed by atoms with Gasteiger partial charge in [-0.1, -0.05) is 6.07 Å². The van der Waals surface area contributed by atoms with Gasteiger partial charge in [-0.3, -0.25) is 13.5 Å². The number of aromatic nitrogens is 1. The van der Waals surface area contributed by atoms with Gasteiger partial charge in [0.2, 0.25) is 6.79 Å². The van der Waals surface area contributed by atoms with E-state index in [-0.39, 0.29) is 16.4 Å². The molecule has 7 nitrogen and oxygen atoms in total. The predicted octanol–water partition coefficient (Wildman–Crippen LogP) is 2.13. The number of rotatable bonds is 3. The summed E-state index contributed by atoms with van der Waals surface area (Å²) >= 11 is 1.03. The maximum atomic E-state index is 12.7. The molecule has 0 unspecified atom stereocenters. The zero-order valence-electron chi connectivity index (χ0n) is 12.5. The second-order valence-corrected chi connectivity index (χ2v) is 7.98. The molecule has 2 aromatic carbocycles. The van der Waals surface area contributed by atoms with Gasteiger partial charge in [-0.15, -0.1) is 0 Å². The minimum atomic E-state index is -3.86. The summed E-state index contributed by atoms with van der Waals surface area (Å²) in [6.45, 7) is 0.0466. The molecule has 0 aliphatic carbocycles. The van der Waals surface area contributed by atoms with Crippen molar-refractivity contribution in [3.8, 4) is 11.5 Å². The van der Waals surface area contributed by atoms with Gasteiger partial charge < -0.3 is 9.47 Å². The quantitative estimate of drug-likeness (QED) is 0.769. The Labute approximate surface area is 141 Å². The number of ether oxygens (including phenoxy) is 2. The summed E-state index contributed by atoms with van der Waals surface area (Å²) in [4.78, 5) is 12.0. The molecule has 24 heavy (non-hydrogen) atoms. The molecule has 0 radical (unpaired) electrons. The van der Waals surface area contributed by atoms with Crippen LogP contribution in [-0.4, -0.2) is 19.2 Å². The molecule has 1 aromatic heterocycles. The average Bonchev–Trinajstić information content (AvgIpc) is 3.13.